The van der Waals surface area contributed by atoms with Crippen LogP contribution in [0.1, 0.15) is 17.5 Å². The SMILES string of the molecule is Cc1c(CCC=O)c(Cl)cc2c1OCO2. The predicted molar refractivity (Wildman–Crippen MR) is 56.7 cm³/mol. The van der Waals surface area contributed by atoms with E-state index in [1.165, 1.54) is 0 Å². The summed E-state index contributed by atoms with van der Waals surface area (Å²) in [5.41, 5.74) is 1.94. The zero-order chi connectivity index (χ0) is 10.8. The van der Waals surface area contributed by atoms with Crippen LogP contribution in [0.25, 0.3) is 0 Å². The topological polar surface area (TPSA) is 35.5 Å². The minimum atomic E-state index is 0.240. The molecule has 0 unspecified atom stereocenters. The molecule has 3 nitrogen and oxygen atoms in total. The van der Waals surface area contributed by atoms with E-state index in [4.69, 9.17) is 21.1 Å². The number of hydrogen-bond acceptors (Lipinski definition) is 3. The summed E-state index contributed by atoms with van der Waals surface area (Å²) >= 11 is 6.10. The monoisotopic (exact) mass is 226 g/mol. The van der Waals surface area contributed by atoms with Gasteiger partial charge in [0.1, 0.15) is 6.29 Å². The van der Waals surface area contributed by atoms with Gasteiger partial charge in [-0.15, -0.1) is 0 Å². The van der Waals surface area contributed by atoms with E-state index in [2.05, 4.69) is 0 Å². The van der Waals surface area contributed by atoms with Gasteiger partial charge < -0.3 is 14.3 Å². The van der Waals surface area contributed by atoms with E-state index in [1.807, 2.05) is 6.92 Å². The van der Waals surface area contributed by atoms with Gasteiger partial charge in [0.05, 0.1) is 0 Å². The molecule has 1 aromatic carbocycles. The lowest BCUT2D eigenvalue weighted by molar-refractivity contribution is -0.107. The van der Waals surface area contributed by atoms with E-state index in [0.29, 0.717) is 23.6 Å². The number of benzene rings is 1. The molecule has 1 aromatic rings. The van der Waals surface area contributed by atoms with Gasteiger partial charge >= 0.3 is 0 Å². The first-order chi connectivity index (χ1) is 7.24. The van der Waals surface area contributed by atoms with Crippen molar-refractivity contribution in [1.82, 2.24) is 0 Å². The Bertz CT molecular complexity index is 401. The van der Waals surface area contributed by atoms with E-state index in [9.17, 15) is 4.79 Å². The van der Waals surface area contributed by atoms with Gasteiger partial charge in [-0.05, 0) is 24.5 Å². The van der Waals surface area contributed by atoms with Crippen molar-refractivity contribution in [2.75, 3.05) is 6.79 Å². The standard InChI is InChI=1S/C11H11ClO3/c1-7-8(3-2-4-13)9(12)5-10-11(7)15-6-14-10/h4-5H,2-3,6H2,1H3. The average molecular weight is 227 g/mol. The Morgan fingerprint density at radius 2 is 2.33 bits per heavy atom. The summed E-state index contributed by atoms with van der Waals surface area (Å²) in [7, 11) is 0. The Balaban J connectivity index is 2.41. The largest absolute Gasteiger partial charge is 0.454 e. The highest BCUT2D eigenvalue weighted by molar-refractivity contribution is 6.31. The number of carbonyl (C=O) groups is 1. The molecule has 80 valence electrons. The third kappa shape index (κ3) is 1.79. The van der Waals surface area contributed by atoms with Crippen LogP contribution >= 0.6 is 11.6 Å². The van der Waals surface area contributed by atoms with E-state index < -0.39 is 0 Å². The third-order valence-corrected chi connectivity index (χ3v) is 2.83. The summed E-state index contributed by atoms with van der Waals surface area (Å²) in [6.45, 7) is 2.17. The second-order valence-corrected chi connectivity index (χ2v) is 3.81. The maximum atomic E-state index is 10.3. The van der Waals surface area contributed by atoms with Crippen LogP contribution in [0.3, 0.4) is 0 Å². The van der Waals surface area contributed by atoms with E-state index in [0.717, 1.165) is 23.2 Å². The van der Waals surface area contributed by atoms with Crippen LogP contribution < -0.4 is 9.47 Å². The van der Waals surface area contributed by atoms with Crippen LogP contribution in [0.5, 0.6) is 11.5 Å². The molecule has 0 saturated heterocycles. The lowest BCUT2D eigenvalue weighted by Crippen LogP contribution is -1.95. The molecule has 2 rings (SSSR count). The fourth-order valence-electron chi connectivity index (χ4n) is 1.72. The van der Waals surface area contributed by atoms with Crippen LogP contribution in [-0.2, 0) is 11.2 Å². The summed E-state index contributed by atoms with van der Waals surface area (Å²) in [6, 6.07) is 1.75. The van der Waals surface area contributed by atoms with E-state index >= 15 is 0 Å². The molecule has 1 heterocycles. The molecule has 0 aromatic heterocycles. The third-order valence-electron chi connectivity index (χ3n) is 2.49. The van der Waals surface area contributed by atoms with E-state index in [1.54, 1.807) is 6.07 Å². The molecule has 0 amide bonds. The zero-order valence-electron chi connectivity index (χ0n) is 8.38. The summed E-state index contributed by atoms with van der Waals surface area (Å²) in [6.07, 6.45) is 2.01. The Morgan fingerprint density at radius 3 is 3.07 bits per heavy atom. The van der Waals surface area contributed by atoms with Gasteiger partial charge in [0.2, 0.25) is 6.79 Å². The molecule has 0 N–H and O–H groups in total. The zero-order valence-corrected chi connectivity index (χ0v) is 9.13. The van der Waals surface area contributed by atoms with Crippen molar-refractivity contribution in [3.8, 4) is 11.5 Å². The maximum Gasteiger partial charge on any atom is 0.231 e. The van der Waals surface area contributed by atoms with Crippen molar-refractivity contribution >= 4 is 17.9 Å². The highest BCUT2D eigenvalue weighted by Gasteiger charge is 2.20. The van der Waals surface area contributed by atoms with Crippen LogP contribution in [0, 0.1) is 6.92 Å². The van der Waals surface area contributed by atoms with Crippen molar-refractivity contribution in [3.63, 3.8) is 0 Å². The highest BCUT2D eigenvalue weighted by atomic mass is 35.5. The van der Waals surface area contributed by atoms with Crippen molar-refractivity contribution in [2.24, 2.45) is 0 Å². The van der Waals surface area contributed by atoms with Crippen LogP contribution in [0.2, 0.25) is 5.02 Å². The first-order valence-electron chi connectivity index (χ1n) is 4.75. The quantitative estimate of drug-likeness (QED) is 0.743. The minimum Gasteiger partial charge on any atom is -0.454 e. The first kappa shape index (κ1) is 10.3. The van der Waals surface area contributed by atoms with Gasteiger partial charge in [0.15, 0.2) is 11.5 Å². The molecule has 1 aliphatic heterocycles. The van der Waals surface area contributed by atoms with Gasteiger partial charge in [0, 0.05) is 17.5 Å². The number of aldehydes is 1. The molecule has 0 aliphatic carbocycles. The number of fused-ring (bicyclic) bond motifs is 1. The number of carbonyl (C=O) groups excluding carboxylic acids is 1. The van der Waals surface area contributed by atoms with Gasteiger partial charge in [-0.2, -0.15) is 0 Å². The molecule has 0 atom stereocenters. The summed E-state index contributed by atoms with van der Waals surface area (Å²) in [5.74, 6) is 1.44. The number of hydrogen-bond donors (Lipinski definition) is 0. The average Bonchev–Trinajstić information content (AvgIpc) is 2.65. The lowest BCUT2D eigenvalue weighted by Gasteiger charge is -2.09. The van der Waals surface area contributed by atoms with Gasteiger partial charge in [-0.1, -0.05) is 11.6 Å². The molecular formula is C11H11ClO3. The number of halogens is 1. The second kappa shape index (κ2) is 4.11. The Hall–Kier alpha value is -1.22. The van der Waals surface area contributed by atoms with Crippen molar-refractivity contribution in [3.05, 3.63) is 22.2 Å². The molecule has 0 radical (unpaired) electrons. The fraction of sp³-hybridized carbons (Fsp3) is 0.364. The van der Waals surface area contributed by atoms with E-state index in [-0.39, 0.29) is 6.79 Å². The Morgan fingerprint density at radius 1 is 1.53 bits per heavy atom. The van der Waals surface area contributed by atoms with Gasteiger partial charge in [-0.3, -0.25) is 0 Å². The first-order valence-corrected chi connectivity index (χ1v) is 5.13. The van der Waals surface area contributed by atoms with Gasteiger partial charge in [-0.25, -0.2) is 0 Å². The molecule has 0 saturated carbocycles. The second-order valence-electron chi connectivity index (χ2n) is 3.40. The molecule has 4 heteroatoms. The normalized spacial score (nSPS) is 12.9. The Labute approximate surface area is 92.9 Å². The Kier molecular flexibility index (Phi) is 2.82. The summed E-state index contributed by atoms with van der Waals surface area (Å²) in [4.78, 5) is 10.3. The molecule has 0 bridgehead atoms. The molecule has 0 spiro atoms. The van der Waals surface area contributed by atoms with Crippen LogP contribution in [0.15, 0.2) is 6.07 Å². The minimum absolute atomic E-state index is 0.240. The van der Waals surface area contributed by atoms with Gasteiger partial charge in [0.25, 0.3) is 0 Å². The van der Waals surface area contributed by atoms with Crippen LogP contribution in [-0.4, -0.2) is 13.1 Å². The number of rotatable bonds is 3. The van der Waals surface area contributed by atoms with Crippen molar-refractivity contribution in [2.45, 2.75) is 19.8 Å². The molecule has 1 aliphatic rings. The summed E-state index contributed by atoms with van der Waals surface area (Å²) in [5, 5.41) is 0.638. The fourth-order valence-corrected chi connectivity index (χ4v) is 2.05. The summed E-state index contributed by atoms with van der Waals surface area (Å²) < 4.78 is 10.6. The maximum absolute atomic E-state index is 10.3. The van der Waals surface area contributed by atoms with Crippen LogP contribution in [0.4, 0.5) is 0 Å². The molecule has 0 fully saturated rings. The molecular weight excluding hydrogens is 216 g/mol. The molecule has 15 heavy (non-hydrogen) atoms. The number of ether oxygens (including phenoxy) is 2. The van der Waals surface area contributed by atoms with Crippen molar-refractivity contribution in [1.29, 1.82) is 0 Å². The highest BCUT2D eigenvalue weighted by Crippen LogP contribution is 2.41. The predicted octanol–water partition coefficient (Wildman–Crippen LogP) is 2.51. The smallest absolute Gasteiger partial charge is 0.231 e. The van der Waals surface area contributed by atoms with Crippen molar-refractivity contribution < 1.29 is 14.3 Å². The lowest BCUT2D eigenvalue weighted by atomic mass is 10.0.